The first kappa shape index (κ1) is 20.1. The van der Waals surface area contributed by atoms with Crippen molar-refractivity contribution in [3.8, 4) is 11.5 Å². The highest BCUT2D eigenvalue weighted by Crippen LogP contribution is 2.36. The van der Waals surface area contributed by atoms with Crippen LogP contribution in [0.2, 0.25) is 0 Å². The van der Waals surface area contributed by atoms with Gasteiger partial charge in [-0.15, -0.1) is 0 Å². The number of nitro benzene ring substituents is 1. The average Bonchev–Trinajstić information content (AvgIpc) is 3.03. The SMILES string of the molecule is CCOc1cc(/C=C2\C(=O)N(c3ccc4ccccc4c3)N=C2C)cc([N+](=O)[O-])c1[O-]. The molecule has 8 heteroatoms. The minimum atomic E-state index is -0.796. The predicted molar refractivity (Wildman–Crippen MR) is 116 cm³/mol. The van der Waals surface area contributed by atoms with Gasteiger partial charge >= 0.3 is 0 Å². The van der Waals surface area contributed by atoms with Crippen LogP contribution in [0.3, 0.4) is 0 Å². The Labute approximate surface area is 177 Å². The van der Waals surface area contributed by atoms with Gasteiger partial charge in [0.15, 0.2) is 0 Å². The number of hydrazone groups is 1. The van der Waals surface area contributed by atoms with E-state index in [0.29, 0.717) is 17.0 Å². The highest BCUT2D eigenvalue weighted by atomic mass is 16.6. The zero-order chi connectivity index (χ0) is 22.1. The summed E-state index contributed by atoms with van der Waals surface area (Å²) in [7, 11) is 0. The highest BCUT2D eigenvalue weighted by Gasteiger charge is 2.29. The van der Waals surface area contributed by atoms with E-state index >= 15 is 0 Å². The van der Waals surface area contributed by atoms with Crippen LogP contribution in [-0.4, -0.2) is 23.1 Å². The second kappa shape index (κ2) is 7.91. The molecule has 3 aromatic carbocycles. The van der Waals surface area contributed by atoms with Crippen molar-refractivity contribution in [2.45, 2.75) is 13.8 Å². The van der Waals surface area contributed by atoms with Crippen LogP contribution in [0, 0.1) is 10.1 Å². The Balaban J connectivity index is 1.73. The lowest BCUT2D eigenvalue weighted by atomic mass is 10.1. The molecule has 0 unspecified atom stereocenters. The fourth-order valence-corrected chi connectivity index (χ4v) is 3.42. The summed E-state index contributed by atoms with van der Waals surface area (Å²) in [6, 6.07) is 15.9. The van der Waals surface area contributed by atoms with Crippen LogP contribution in [0.15, 0.2) is 65.3 Å². The first-order chi connectivity index (χ1) is 14.9. The van der Waals surface area contributed by atoms with E-state index < -0.39 is 16.4 Å². The van der Waals surface area contributed by atoms with Crippen LogP contribution in [0.1, 0.15) is 19.4 Å². The number of ether oxygens (including phenoxy) is 1. The molecular weight excluding hydrogens is 398 g/mol. The van der Waals surface area contributed by atoms with Gasteiger partial charge in [0.05, 0.1) is 28.5 Å². The second-order valence-corrected chi connectivity index (χ2v) is 6.95. The summed E-state index contributed by atoms with van der Waals surface area (Å²) in [5.74, 6) is -1.29. The number of amides is 1. The summed E-state index contributed by atoms with van der Waals surface area (Å²) >= 11 is 0. The molecule has 0 saturated carbocycles. The van der Waals surface area contributed by atoms with Gasteiger partial charge in [0.1, 0.15) is 5.75 Å². The fourth-order valence-electron chi connectivity index (χ4n) is 3.42. The minimum absolute atomic E-state index is 0.130. The Bertz CT molecular complexity index is 1280. The molecule has 0 atom stereocenters. The van der Waals surface area contributed by atoms with E-state index in [2.05, 4.69) is 5.10 Å². The van der Waals surface area contributed by atoms with E-state index in [1.807, 2.05) is 42.5 Å². The molecule has 156 valence electrons. The van der Waals surface area contributed by atoms with Crippen LogP contribution < -0.4 is 14.9 Å². The number of rotatable bonds is 5. The van der Waals surface area contributed by atoms with Gasteiger partial charge in [-0.25, -0.2) is 0 Å². The summed E-state index contributed by atoms with van der Waals surface area (Å²) in [6.07, 6.45) is 1.48. The average molecular weight is 416 g/mol. The van der Waals surface area contributed by atoms with Crippen molar-refractivity contribution >= 4 is 39.8 Å². The van der Waals surface area contributed by atoms with Gasteiger partial charge < -0.3 is 9.84 Å². The molecule has 0 N–H and O–H groups in total. The Morgan fingerprint density at radius 3 is 2.58 bits per heavy atom. The maximum Gasteiger partial charge on any atom is 0.280 e. The number of carbonyl (C=O) groups is 1. The van der Waals surface area contributed by atoms with Crippen LogP contribution in [0.5, 0.6) is 11.5 Å². The van der Waals surface area contributed by atoms with E-state index in [4.69, 9.17) is 4.74 Å². The first-order valence-electron chi connectivity index (χ1n) is 9.62. The van der Waals surface area contributed by atoms with Gasteiger partial charge in [0.25, 0.3) is 11.6 Å². The highest BCUT2D eigenvalue weighted by molar-refractivity contribution is 6.32. The summed E-state index contributed by atoms with van der Waals surface area (Å²) in [4.78, 5) is 23.6. The molecule has 1 amide bonds. The molecule has 0 fully saturated rings. The standard InChI is InChI=1S/C23H19N3O5/c1-3-31-21-12-15(11-20(22(21)27)26(29)30)10-19-14(2)24-25(23(19)28)18-9-8-16-6-4-5-7-17(16)13-18/h4-13,27H,3H2,1-2H3/p-1/b19-10-. The molecule has 4 rings (SSSR count). The number of anilines is 1. The third kappa shape index (κ3) is 3.71. The molecule has 1 heterocycles. The van der Waals surface area contributed by atoms with Gasteiger partial charge in [0.2, 0.25) is 0 Å². The van der Waals surface area contributed by atoms with Gasteiger partial charge in [0, 0.05) is 11.8 Å². The predicted octanol–water partition coefficient (Wildman–Crippen LogP) is 4.03. The lowest BCUT2D eigenvalue weighted by molar-refractivity contribution is -0.398. The van der Waals surface area contributed by atoms with E-state index in [-0.39, 0.29) is 23.8 Å². The fraction of sp³-hybridized carbons (Fsp3) is 0.130. The quantitative estimate of drug-likeness (QED) is 0.354. The lowest BCUT2D eigenvalue weighted by Crippen LogP contribution is -2.21. The first-order valence-corrected chi connectivity index (χ1v) is 9.62. The maximum absolute atomic E-state index is 13.1. The molecule has 0 spiro atoms. The van der Waals surface area contributed by atoms with Crippen molar-refractivity contribution in [2.24, 2.45) is 5.10 Å². The van der Waals surface area contributed by atoms with E-state index in [1.165, 1.54) is 17.2 Å². The Morgan fingerprint density at radius 1 is 1.13 bits per heavy atom. The van der Waals surface area contributed by atoms with Gasteiger partial charge in [-0.2, -0.15) is 10.1 Å². The second-order valence-electron chi connectivity index (χ2n) is 6.95. The summed E-state index contributed by atoms with van der Waals surface area (Å²) in [5.41, 5.74) is 1.06. The molecule has 0 saturated heterocycles. The van der Waals surface area contributed by atoms with Crippen molar-refractivity contribution in [3.63, 3.8) is 0 Å². The molecule has 0 aromatic heterocycles. The molecular formula is C23H18N3O5-. The number of fused-ring (bicyclic) bond motifs is 1. The zero-order valence-corrected chi connectivity index (χ0v) is 16.9. The third-order valence-electron chi connectivity index (χ3n) is 4.91. The smallest absolute Gasteiger partial charge is 0.280 e. The normalized spacial score (nSPS) is 14.9. The monoisotopic (exact) mass is 416 g/mol. The van der Waals surface area contributed by atoms with Crippen LogP contribution >= 0.6 is 0 Å². The number of nitrogens with zero attached hydrogens (tertiary/aromatic N) is 3. The molecule has 0 bridgehead atoms. The summed E-state index contributed by atoms with van der Waals surface area (Å²) in [5, 5.41) is 31.1. The van der Waals surface area contributed by atoms with E-state index in [9.17, 15) is 20.0 Å². The number of carbonyl (C=O) groups excluding carboxylic acids is 1. The lowest BCUT2D eigenvalue weighted by Gasteiger charge is -2.15. The van der Waals surface area contributed by atoms with Crippen molar-refractivity contribution in [3.05, 3.63) is 75.8 Å². The van der Waals surface area contributed by atoms with Crippen LogP contribution in [0.4, 0.5) is 11.4 Å². The van der Waals surface area contributed by atoms with Crippen molar-refractivity contribution in [2.75, 3.05) is 11.6 Å². The largest absolute Gasteiger partial charge is 0.865 e. The van der Waals surface area contributed by atoms with Crippen molar-refractivity contribution < 1.29 is 19.6 Å². The van der Waals surface area contributed by atoms with E-state index in [0.717, 1.165) is 16.8 Å². The Hall–Kier alpha value is -4.20. The number of nitro groups is 1. The van der Waals surface area contributed by atoms with Gasteiger partial charge in [-0.05, 0) is 54.5 Å². The third-order valence-corrected chi connectivity index (χ3v) is 4.91. The number of benzene rings is 3. The minimum Gasteiger partial charge on any atom is -0.865 e. The van der Waals surface area contributed by atoms with Gasteiger partial charge in [-0.1, -0.05) is 30.3 Å². The molecule has 3 aromatic rings. The summed E-state index contributed by atoms with van der Waals surface area (Å²) in [6.45, 7) is 3.54. The summed E-state index contributed by atoms with van der Waals surface area (Å²) < 4.78 is 5.25. The Kier molecular flexibility index (Phi) is 5.12. The topological polar surface area (TPSA) is 108 Å². The maximum atomic E-state index is 13.1. The molecule has 0 radical (unpaired) electrons. The number of hydrogen-bond donors (Lipinski definition) is 0. The van der Waals surface area contributed by atoms with Crippen LogP contribution in [0.25, 0.3) is 16.8 Å². The van der Waals surface area contributed by atoms with Gasteiger partial charge in [-0.3, -0.25) is 14.9 Å². The number of hydrogen-bond acceptors (Lipinski definition) is 6. The molecule has 0 aliphatic carbocycles. The molecule has 31 heavy (non-hydrogen) atoms. The zero-order valence-electron chi connectivity index (χ0n) is 16.9. The van der Waals surface area contributed by atoms with Crippen molar-refractivity contribution in [1.82, 2.24) is 0 Å². The van der Waals surface area contributed by atoms with E-state index in [1.54, 1.807) is 13.8 Å². The molecule has 1 aliphatic heterocycles. The van der Waals surface area contributed by atoms with Crippen LogP contribution in [-0.2, 0) is 4.79 Å². The molecule has 8 nitrogen and oxygen atoms in total. The molecule has 1 aliphatic rings. The van der Waals surface area contributed by atoms with Crippen molar-refractivity contribution in [1.29, 1.82) is 0 Å². The Morgan fingerprint density at radius 2 is 1.87 bits per heavy atom.